The van der Waals surface area contributed by atoms with Crippen molar-refractivity contribution in [2.75, 3.05) is 13.1 Å². The third-order valence-electron chi connectivity index (χ3n) is 5.75. The Kier molecular flexibility index (Phi) is 7.22. The first-order chi connectivity index (χ1) is 15.6. The van der Waals surface area contributed by atoms with E-state index < -0.39 is 0 Å². The summed E-state index contributed by atoms with van der Waals surface area (Å²) < 4.78 is 1.79. The van der Waals surface area contributed by atoms with Crippen LogP contribution in [0.2, 0.25) is 5.02 Å². The number of hydrogen-bond acceptors (Lipinski definition) is 3. The second-order valence-electron chi connectivity index (χ2n) is 8.09. The number of nitrogens with zero attached hydrogens (tertiary/aromatic N) is 2. The normalized spacial score (nSPS) is 13.8. The minimum atomic E-state index is -0.108. The molecular weight excluding hydrogens is 424 g/mol. The van der Waals surface area contributed by atoms with Gasteiger partial charge in [-0.25, -0.2) is 4.68 Å². The fraction of sp³-hybridized carbons (Fsp3) is 0.320. The maximum atomic E-state index is 12.6. The number of aromatic nitrogens is 2. The van der Waals surface area contributed by atoms with Crippen molar-refractivity contribution in [3.05, 3.63) is 71.4 Å². The summed E-state index contributed by atoms with van der Waals surface area (Å²) in [6, 6.07) is 17.2. The summed E-state index contributed by atoms with van der Waals surface area (Å²) in [7, 11) is 0. The van der Waals surface area contributed by atoms with Crippen LogP contribution in [-0.4, -0.2) is 34.7 Å². The van der Waals surface area contributed by atoms with Crippen LogP contribution in [0.15, 0.2) is 60.8 Å². The standard InChI is InChI=1S/C25H27ClN4O2/c26-21-12-10-18(11-13-21)24-20(17-30(29-24)22-8-2-1-3-9-22)16-23(31)27-14-15-28-25(32)19-6-4-5-7-19/h1-3,8-13,17,19H,4-7,14-16H2,(H,27,31)(H,28,32). The Morgan fingerprint density at radius 3 is 2.38 bits per heavy atom. The van der Waals surface area contributed by atoms with Gasteiger partial charge in [-0.2, -0.15) is 5.10 Å². The Bertz CT molecular complexity index is 1060. The van der Waals surface area contributed by atoms with Crippen LogP contribution in [0.3, 0.4) is 0 Å². The fourth-order valence-electron chi connectivity index (χ4n) is 4.06. The smallest absolute Gasteiger partial charge is 0.224 e. The minimum absolute atomic E-state index is 0.103. The second-order valence-corrected chi connectivity index (χ2v) is 8.53. The molecule has 0 saturated heterocycles. The van der Waals surface area contributed by atoms with E-state index in [9.17, 15) is 9.59 Å². The maximum Gasteiger partial charge on any atom is 0.224 e. The number of carbonyl (C=O) groups excluding carboxylic acids is 2. The highest BCUT2D eigenvalue weighted by molar-refractivity contribution is 6.30. The lowest BCUT2D eigenvalue weighted by atomic mass is 10.1. The molecule has 32 heavy (non-hydrogen) atoms. The molecule has 1 aliphatic carbocycles. The molecule has 0 unspecified atom stereocenters. The fourth-order valence-corrected chi connectivity index (χ4v) is 4.18. The van der Waals surface area contributed by atoms with Crippen LogP contribution in [0.5, 0.6) is 0 Å². The van der Waals surface area contributed by atoms with Gasteiger partial charge in [-0.15, -0.1) is 0 Å². The lowest BCUT2D eigenvalue weighted by Crippen LogP contribution is -2.37. The predicted octanol–water partition coefficient (Wildman–Crippen LogP) is 4.16. The molecule has 2 aromatic carbocycles. The number of para-hydroxylation sites is 1. The summed E-state index contributed by atoms with van der Waals surface area (Å²) in [6.07, 6.45) is 6.28. The van der Waals surface area contributed by atoms with Crippen molar-refractivity contribution >= 4 is 23.4 Å². The van der Waals surface area contributed by atoms with Crippen LogP contribution in [-0.2, 0) is 16.0 Å². The van der Waals surface area contributed by atoms with Gasteiger partial charge in [0.15, 0.2) is 0 Å². The molecule has 166 valence electrons. The van der Waals surface area contributed by atoms with Gasteiger partial charge in [-0.1, -0.05) is 54.8 Å². The van der Waals surface area contributed by atoms with Crippen molar-refractivity contribution in [3.8, 4) is 16.9 Å². The molecule has 2 N–H and O–H groups in total. The molecule has 0 bridgehead atoms. The third-order valence-corrected chi connectivity index (χ3v) is 6.00. The SMILES string of the molecule is O=C(Cc1cn(-c2ccccc2)nc1-c1ccc(Cl)cc1)NCCNC(=O)C1CCCC1. The topological polar surface area (TPSA) is 76.0 Å². The zero-order valence-electron chi connectivity index (χ0n) is 17.9. The predicted molar refractivity (Wildman–Crippen MR) is 126 cm³/mol. The van der Waals surface area contributed by atoms with E-state index in [1.165, 1.54) is 0 Å². The van der Waals surface area contributed by atoms with Crippen LogP contribution in [0, 0.1) is 5.92 Å². The van der Waals surface area contributed by atoms with E-state index in [0.717, 1.165) is 48.2 Å². The number of nitrogens with one attached hydrogen (secondary N) is 2. The summed E-state index contributed by atoms with van der Waals surface area (Å²) in [5.41, 5.74) is 3.39. The number of carbonyl (C=O) groups is 2. The molecule has 1 heterocycles. The summed E-state index contributed by atoms with van der Waals surface area (Å²) in [4.78, 5) is 24.7. The Balaban J connectivity index is 1.41. The average Bonchev–Trinajstić information content (AvgIpc) is 3.48. The lowest BCUT2D eigenvalue weighted by Gasteiger charge is -2.11. The van der Waals surface area contributed by atoms with E-state index in [1.54, 1.807) is 4.68 Å². The molecule has 3 aromatic rings. The van der Waals surface area contributed by atoms with Crippen molar-refractivity contribution in [2.45, 2.75) is 32.1 Å². The summed E-state index contributed by atoms with van der Waals surface area (Å²) in [5, 5.41) is 11.2. The Morgan fingerprint density at radius 2 is 1.66 bits per heavy atom. The van der Waals surface area contributed by atoms with E-state index in [2.05, 4.69) is 10.6 Å². The van der Waals surface area contributed by atoms with Gasteiger partial charge >= 0.3 is 0 Å². The molecule has 4 rings (SSSR count). The lowest BCUT2D eigenvalue weighted by molar-refractivity contribution is -0.125. The van der Waals surface area contributed by atoms with Gasteiger partial charge in [0.1, 0.15) is 0 Å². The first-order valence-electron chi connectivity index (χ1n) is 11.0. The zero-order valence-corrected chi connectivity index (χ0v) is 18.6. The summed E-state index contributed by atoms with van der Waals surface area (Å²) >= 11 is 6.04. The van der Waals surface area contributed by atoms with Gasteiger partial charge < -0.3 is 10.6 Å². The van der Waals surface area contributed by atoms with Crippen molar-refractivity contribution in [1.29, 1.82) is 0 Å². The van der Waals surface area contributed by atoms with Crippen molar-refractivity contribution in [3.63, 3.8) is 0 Å². The van der Waals surface area contributed by atoms with Crippen LogP contribution < -0.4 is 10.6 Å². The van der Waals surface area contributed by atoms with Gasteiger partial charge in [0, 0.05) is 41.4 Å². The number of hydrogen-bond donors (Lipinski definition) is 2. The number of amides is 2. The molecule has 0 atom stereocenters. The molecule has 0 radical (unpaired) electrons. The largest absolute Gasteiger partial charge is 0.354 e. The molecule has 6 nitrogen and oxygen atoms in total. The third kappa shape index (κ3) is 5.56. The van der Waals surface area contributed by atoms with Crippen LogP contribution in [0.1, 0.15) is 31.2 Å². The average molecular weight is 451 g/mol. The molecule has 1 aliphatic rings. The van der Waals surface area contributed by atoms with Gasteiger partial charge in [0.05, 0.1) is 17.8 Å². The van der Waals surface area contributed by atoms with Crippen molar-refractivity contribution in [2.24, 2.45) is 5.92 Å². The second kappa shape index (κ2) is 10.5. The van der Waals surface area contributed by atoms with E-state index in [0.29, 0.717) is 18.1 Å². The Labute approximate surface area is 193 Å². The molecule has 1 aromatic heterocycles. The Hall–Kier alpha value is -3.12. The highest BCUT2D eigenvalue weighted by atomic mass is 35.5. The van der Waals surface area contributed by atoms with Crippen molar-refractivity contribution in [1.82, 2.24) is 20.4 Å². The number of halogens is 1. The molecule has 1 fully saturated rings. The van der Waals surface area contributed by atoms with Crippen LogP contribution >= 0.6 is 11.6 Å². The first-order valence-corrected chi connectivity index (χ1v) is 11.4. The summed E-state index contributed by atoms with van der Waals surface area (Å²) in [6.45, 7) is 0.842. The van der Waals surface area contributed by atoms with Gasteiger partial charge in [-0.05, 0) is 37.1 Å². The highest BCUT2D eigenvalue weighted by Crippen LogP contribution is 2.26. The van der Waals surface area contributed by atoms with Crippen LogP contribution in [0.25, 0.3) is 16.9 Å². The highest BCUT2D eigenvalue weighted by Gasteiger charge is 2.22. The molecule has 0 spiro atoms. The monoisotopic (exact) mass is 450 g/mol. The van der Waals surface area contributed by atoms with Crippen molar-refractivity contribution < 1.29 is 9.59 Å². The van der Waals surface area contributed by atoms with E-state index in [1.807, 2.05) is 60.8 Å². The van der Waals surface area contributed by atoms with Crippen LogP contribution in [0.4, 0.5) is 0 Å². The number of rotatable bonds is 8. The first kappa shape index (κ1) is 22.1. The van der Waals surface area contributed by atoms with Gasteiger partial charge in [0.2, 0.25) is 11.8 Å². The zero-order chi connectivity index (χ0) is 22.3. The minimum Gasteiger partial charge on any atom is -0.354 e. The van der Waals surface area contributed by atoms with Gasteiger partial charge in [0.25, 0.3) is 0 Å². The van der Waals surface area contributed by atoms with Gasteiger partial charge in [-0.3, -0.25) is 9.59 Å². The molecule has 1 saturated carbocycles. The van der Waals surface area contributed by atoms with E-state index in [4.69, 9.17) is 16.7 Å². The molecule has 2 amide bonds. The Morgan fingerprint density at radius 1 is 0.969 bits per heavy atom. The number of benzene rings is 2. The summed E-state index contributed by atoms with van der Waals surface area (Å²) in [5.74, 6) is 0.130. The maximum absolute atomic E-state index is 12.6. The molecule has 7 heteroatoms. The quantitative estimate of drug-likeness (QED) is 0.506. The van der Waals surface area contributed by atoms with E-state index >= 15 is 0 Å². The molecule has 0 aliphatic heterocycles. The molecular formula is C25H27ClN4O2. The van der Waals surface area contributed by atoms with E-state index in [-0.39, 0.29) is 24.2 Å².